The second-order valence-electron chi connectivity index (χ2n) is 18.6. The van der Waals surface area contributed by atoms with Crippen molar-refractivity contribution in [2.75, 3.05) is 4.90 Å². The zero-order valence-corrected chi connectivity index (χ0v) is 40.0. The Balaban J connectivity index is 0.000000171. The maximum Gasteiger partial charge on any atom is 3.00 e. The molecule has 0 spiro atoms. The van der Waals surface area contributed by atoms with E-state index < -0.39 is 13.3 Å². The zero-order chi connectivity index (χ0) is 40.1. The van der Waals surface area contributed by atoms with Crippen LogP contribution in [0.25, 0.3) is 38.5 Å². The first kappa shape index (κ1) is 41.6. The molecule has 1 aliphatic heterocycles. The standard InChI is InChI=1S/C31H28N2O.C22H28GeN.Ir/c1-19(2)21-12-9-13-22(20(3)4)29(21)33-27-17-7-6-16-26(27)32-31(33)25-15-10-14-24-23-11-5-8-18-28(23)34-30(24)25;1-23(2,3)21-15-24-22(17-7-5-4-6-8-17)14-20(21)13-19-12-16-9-10-18(19)11-16;/h5-14,16-20,31H,1-4H3;4-7,14-16,18-19H,9-13H2,1-3H3;/q-2;-1;+3. The first-order chi connectivity index (χ1) is 28.0. The maximum absolute atomic E-state index is 6.42. The first-order valence-corrected chi connectivity index (χ1v) is 28.9. The van der Waals surface area contributed by atoms with Crippen molar-refractivity contribution in [2.45, 2.75) is 95.1 Å². The number of hydrogen-bond acceptors (Lipinski definition) is 3. The molecule has 2 bridgehead atoms. The van der Waals surface area contributed by atoms with Crippen molar-refractivity contribution in [3.05, 3.63) is 155 Å². The molecule has 3 aliphatic rings. The quantitative estimate of drug-likeness (QED) is 0.113. The van der Waals surface area contributed by atoms with Gasteiger partial charge in [0.05, 0.1) is 0 Å². The average Bonchev–Trinajstić information content (AvgIpc) is 4.03. The zero-order valence-electron chi connectivity index (χ0n) is 35.6. The topological polar surface area (TPSA) is 43.4 Å². The van der Waals surface area contributed by atoms with Gasteiger partial charge in [-0.15, -0.1) is 11.3 Å². The van der Waals surface area contributed by atoms with Gasteiger partial charge in [-0.05, 0) is 41.3 Å². The van der Waals surface area contributed by atoms with E-state index in [2.05, 4.69) is 147 Å². The van der Waals surface area contributed by atoms with Crippen LogP contribution in [-0.4, -0.2) is 18.3 Å². The fourth-order valence-corrected chi connectivity index (χ4v) is 13.5. The summed E-state index contributed by atoms with van der Waals surface area (Å²) in [6.45, 7) is 9.07. The second kappa shape index (κ2) is 17.1. The molecule has 59 heavy (non-hydrogen) atoms. The summed E-state index contributed by atoms with van der Waals surface area (Å²) in [5.41, 5.74) is 12.6. The number of pyridine rings is 1. The minimum atomic E-state index is -1.90. The van der Waals surface area contributed by atoms with Crippen molar-refractivity contribution in [3.8, 4) is 11.3 Å². The van der Waals surface area contributed by atoms with Crippen molar-refractivity contribution in [1.82, 2.24) is 4.98 Å². The van der Waals surface area contributed by atoms with Crippen LogP contribution in [0.4, 0.5) is 17.1 Å². The van der Waals surface area contributed by atoms with Gasteiger partial charge in [-0.1, -0.05) is 87.7 Å². The summed E-state index contributed by atoms with van der Waals surface area (Å²) in [6, 6.07) is 45.0. The Kier molecular flexibility index (Phi) is 12.0. The summed E-state index contributed by atoms with van der Waals surface area (Å²) < 4.78 is 8.03. The number of furan rings is 1. The summed E-state index contributed by atoms with van der Waals surface area (Å²) >= 11 is -1.90. The minimum absolute atomic E-state index is 0. The number of fused-ring (bicyclic) bond motifs is 6. The first-order valence-electron chi connectivity index (χ1n) is 21.6. The molecule has 2 saturated carbocycles. The summed E-state index contributed by atoms with van der Waals surface area (Å²) in [7, 11) is 0. The summed E-state index contributed by atoms with van der Waals surface area (Å²) in [5, 5.41) is 7.47. The van der Waals surface area contributed by atoms with Gasteiger partial charge in [-0.2, -0.15) is 18.2 Å². The minimum Gasteiger partial charge on any atom is 3.00 e. The van der Waals surface area contributed by atoms with Crippen molar-refractivity contribution in [2.24, 2.45) is 17.8 Å². The van der Waals surface area contributed by atoms with Gasteiger partial charge in [0, 0.05) is 22.3 Å². The predicted molar refractivity (Wildman–Crippen MR) is 246 cm³/mol. The number of anilines is 2. The predicted octanol–water partition coefficient (Wildman–Crippen LogP) is 14.6. The number of hydrogen-bond donors (Lipinski definition) is 0. The molecule has 2 fully saturated rings. The molecule has 2 aromatic heterocycles. The van der Waals surface area contributed by atoms with E-state index in [1.165, 1.54) is 48.9 Å². The molecule has 0 N–H and O–H groups in total. The molecule has 4 unspecified atom stereocenters. The largest absolute Gasteiger partial charge is 3.00 e. The van der Waals surface area contributed by atoms with Gasteiger partial charge >= 0.3 is 169 Å². The molecule has 0 radical (unpaired) electrons. The molecule has 10 rings (SSSR count). The van der Waals surface area contributed by atoms with E-state index in [4.69, 9.17) is 14.7 Å². The Morgan fingerprint density at radius 1 is 0.797 bits per heavy atom. The number of nitrogens with zero attached hydrogens (tertiary/aromatic N) is 3. The average molecular weight is 1020 g/mol. The SMILES string of the molecule is CC(C)c1cccc(C(C)C)c1N1c2ccccc2[N-]C1c1[c-]ccc2c1oc1ccccc12.[CH3][Ge]([CH3])([CH3])[c]1cnc(-c2[c-]cccc2)cc1CC1CC2CCC1C2.[Ir+3]. The summed E-state index contributed by atoms with van der Waals surface area (Å²) in [4.78, 5) is 7.23. The van der Waals surface area contributed by atoms with E-state index in [0.29, 0.717) is 11.8 Å². The number of rotatable bonds is 8. The van der Waals surface area contributed by atoms with E-state index in [1.54, 1.807) is 9.96 Å². The third kappa shape index (κ3) is 8.08. The third-order valence-corrected chi connectivity index (χ3v) is 17.3. The Morgan fingerprint density at radius 2 is 1.54 bits per heavy atom. The Hall–Kier alpha value is -4.16. The molecule has 2 aliphatic carbocycles. The molecule has 302 valence electrons. The van der Waals surface area contributed by atoms with E-state index >= 15 is 0 Å². The Bertz CT molecular complexity index is 2550. The van der Waals surface area contributed by atoms with Gasteiger partial charge < -0.3 is 14.6 Å². The van der Waals surface area contributed by atoms with Gasteiger partial charge in [0.15, 0.2) is 0 Å². The number of aromatic nitrogens is 1. The van der Waals surface area contributed by atoms with Crippen molar-refractivity contribution in [3.63, 3.8) is 0 Å². The molecular weight excluding hydrogens is 959 g/mol. The van der Waals surface area contributed by atoms with Gasteiger partial charge in [-0.25, -0.2) is 0 Å². The van der Waals surface area contributed by atoms with Crippen LogP contribution in [0.3, 0.4) is 0 Å². The molecule has 0 saturated heterocycles. The van der Waals surface area contributed by atoms with Crippen LogP contribution in [0.1, 0.15) is 93.6 Å². The van der Waals surface area contributed by atoms with E-state index in [9.17, 15) is 0 Å². The summed E-state index contributed by atoms with van der Waals surface area (Å²) in [5.74, 6) is 11.2. The van der Waals surface area contributed by atoms with Gasteiger partial charge in [0.25, 0.3) is 0 Å². The van der Waals surface area contributed by atoms with Crippen molar-refractivity contribution in [1.29, 1.82) is 0 Å². The van der Waals surface area contributed by atoms with Crippen molar-refractivity contribution < 1.29 is 24.5 Å². The Labute approximate surface area is 367 Å². The summed E-state index contributed by atoms with van der Waals surface area (Å²) in [6.07, 6.45) is 9.18. The number of para-hydroxylation sites is 4. The van der Waals surface area contributed by atoms with Crippen LogP contribution >= 0.6 is 0 Å². The smallest absolute Gasteiger partial charge is 3.00 e. The van der Waals surface area contributed by atoms with Crippen molar-refractivity contribution >= 4 is 56.7 Å². The van der Waals surface area contributed by atoms with E-state index in [-0.39, 0.29) is 26.3 Å². The van der Waals surface area contributed by atoms with Crippen LogP contribution in [-0.2, 0) is 26.5 Å². The fraction of sp³-hybridized carbons (Fsp3) is 0.340. The van der Waals surface area contributed by atoms with Crippen LogP contribution in [0, 0.1) is 29.9 Å². The molecule has 3 heterocycles. The number of benzene rings is 5. The van der Waals surface area contributed by atoms with Crippen LogP contribution in [0.15, 0.2) is 120 Å². The van der Waals surface area contributed by atoms with Gasteiger partial charge in [-0.3, -0.25) is 0 Å². The fourth-order valence-electron chi connectivity index (χ4n) is 10.2. The maximum atomic E-state index is 6.42. The molecule has 6 heteroatoms. The second-order valence-corrected chi connectivity index (χ2v) is 29.2. The van der Waals surface area contributed by atoms with Crippen LogP contribution in [0.5, 0.6) is 0 Å². The molecule has 5 aromatic carbocycles. The molecule has 4 atom stereocenters. The van der Waals surface area contributed by atoms with Gasteiger partial charge in [0.2, 0.25) is 0 Å². The third-order valence-electron chi connectivity index (χ3n) is 13.0. The molecular formula is C53H56GeIrN3O. The van der Waals surface area contributed by atoms with Crippen LogP contribution < -0.4 is 9.30 Å². The molecule has 0 amide bonds. The normalized spacial score (nSPS) is 19.5. The van der Waals surface area contributed by atoms with E-state index in [0.717, 1.165) is 67.9 Å². The molecule has 7 aromatic rings. The monoisotopic (exact) mass is 1020 g/mol. The molecule has 4 nitrogen and oxygen atoms in total. The van der Waals surface area contributed by atoms with Crippen LogP contribution in [0.2, 0.25) is 17.3 Å². The van der Waals surface area contributed by atoms with Gasteiger partial charge in [0.1, 0.15) is 5.58 Å². The van der Waals surface area contributed by atoms with E-state index in [1.807, 2.05) is 30.3 Å². The Morgan fingerprint density at radius 3 is 2.24 bits per heavy atom.